The van der Waals surface area contributed by atoms with Crippen LogP contribution in [0.1, 0.15) is 47.3 Å². The third-order valence-electron chi connectivity index (χ3n) is 5.38. The molecule has 4 aromatic rings. The number of halogens is 1. The minimum atomic E-state index is -0.437. The molecule has 0 spiro atoms. The topological polar surface area (TPSA) is 53.4 Å². The van der Waals surface area contributed by atoms with Gasteiger partial charge < -0.3 is 9.47 Å². The Hall–Kier alpha value is -3.19. The molecule has 0 saturated carbocycles. The highest BCUT2D eigenvalue weighted by Gasteiger charge is 2.36. The third-order valence-corrected chi connectivity index (χ3v) is 6.47. The summed E-state index contributed by atoms with van der Waals surface area (Å²) in [5, 5.41) is 5.37. The zero-order valence-electron chi connectivity index (χ0n) is 17.4. The van der Waals surface area contributed by atoms with Crippen LogP contribution in [0.25, 0.3) is 15.9 Å². The summed E-state index contributed by atoms with van der Waals surface area (Å²) in [5.74, 6) is 0.0187. The molecule has 158 valence electrons. The smallest absolute Gasteiger partial charge is 0.349 e. The van der Waals surface area contributed by atoms with Crippen molar-refractivity contribution in [2.24, 2.45) is 0 Å². The molecule has 1 aliphatic rings. The number of thiophene rings is 1. The molecule has 31 heavy (non-hydrogen) atoms. The largest absolute Gasteiger partial charge is 0.487 e. The quantitative estimate of drug-likeness (QED) is 0.370. The van der Waals surface area contributed by atoms with Crippen LogP contribution in [-0.2, 0) is 4.74 Å². The third kappa shape index (κ3) is 3.59. The Labute approximate surface area is 183 Å². The summed E-state index contributed by atoms with van der Waals surface area (Å²) in [5.41, 5.74) is 1.82. The Kier molecular flexibility index (Phi) is 4.59. The summed E-state index contributed by atoms with van der Waals surface area (Å²) in [6.07, 6.45) is 0.176. The van der Waals surface area contributed by atoms with Crippen molar-refractivity contribution >= 4 is 27.5 Å². The number of carbonyl (C=O) groups is 1. The van der Waals surface area contributed by atoms with E-state index >= 15 is 0 Å². The van der Waals surface area contributed by atoms with E-state index < -0.39 is 11.7 Å². The molecular formula is C24H21FN2O3S. The molecule has 2 aromatic carbocycles. The highest BCUT2D eigenvalue weighted by molar-refractivity contribution is 7.20. The molecule has 0 saturated heterocycles. The average Bonchev–Trinajstić information content (AvgIpc) is 3.28. The van der Waals surface area contributed by atoms with Crippen LogP contribution in [0, 0.1) is 12.7 Å². The van der Waals surface area contributed by atoms with Crippen LogP contribution >= 0.6 is 11.3 Å². The lowest BCUT2D eigenvalue weighted by Gasteiger charge is -2.37. The summed E-state index contributed by atoms with van der Waals surface area (Å²) in [6.45, 7) is 5.84. The standard InChI is InChI=1S/C24H21FN2O3S/c1-14-18-12-21(31-22(18)27(26-14)16-8-6-7-15(25)11-16)23(28)29-20-13-24(2,3)30-19-10-5-4-9-17(19)20/h4-12,20H,13H2,1-3H3/t20-/m0/s1. The summed E-state index contributed by atoms with van der Waals surface area (Å²) >= 11 is 1.30. The van der Waals surface area contributed by atoms with Crippen molar-refractivity contribution in [3.8, 4) is 11.4 Å². The second-order valence-electron chi connectivity index (χ2n) is 8.30. The Morgan fingerprint density at radius 1 is 1.23 bits per heavy atom. The normalized spacial score (nSPS) is 17.2. The molecule has 5 rings (SSSR count). The van der Waals surface area contributed by atoms with E-state index in [9.17, 15) is 9.18 Å². The van der Waals surface area contributed by atoms with Gasteiger partial charge in [-0.3, -0.25) is 0 Å². The number of para-hydroxylation sites is 1. The lowest BCUT2D eigenvalue weighted by Crippen LogP contribution is -2.36. The van der Waals surface area contributed by atoms with Crippen molar-refractivity contribution in [2.45, 2.75) is 38.9 Å². The minimum absolute atomic E-state index is 0.337. The maximum absolute atomic E-state index is 13.7. The molecule has 0 unspecified atom stereocenters. The number of aromatic nitrogens is 2. The zero-order chi connectivity index (χ0) is 21.8. The number of hydrogen-bond acceptors (Lipinski definition) is 5. The Morgan fingerprint density at radius 3 is 2.84 bits per heavy atom. The van der Waals surface area contributed by atoms with E-state index in [1.54, 1.807) is 22.9 Å². The molecule has 1 aliphatic heterocycles. The first kappa shape index (κ1) is 19.8. The summed E-state index contributed by atoms with van der Waals surface area (Å²) < 4.78 is 27.4. The molecule has 0 fully saturated rings. The molecule has 0 N–H and O–H groups in total. The van der Waals surface area contributed by atoms with E-state index in [-0.39, 0.29) is 11.8 Å². The second-order valence-corrected chi connectivity index (χ2v) is 9.33. The summed E-state index contributed by atoms with van der Waals surface area (Å²) in [6, 6.07) is 15.7. The monoisotopic (exact) mass is 436 g/mol. The van der Waals surface area contributed by atoms with E-state index in [1.165, 1.54) is 23.5 Å². The number of fused-ring (bicyclic) bond motifs is 2. The van der Waals surface area contributed by atoms with Gasteiger partial charge >= 0.3 is 5.97 Å². The Balaban J connectivity index is 1.48. The van der Waals surface area contributed by atoms with Gasteiger partial charge in [0.1, 0.15) is 33.0 Å². The number of ether oxygens (including phenoxy) is 2. The molecule has 0 aliphatic carbocycles. The lowest BCUT2D eigenvalue weighted by molar-refractivity contribution is -0.0158. The number of nitrogens with zero attached hydrogens (tertiary/aromatic N) is 2. The van der Waals surface area contributed by atoms with Gasteiger partial charge in [0.15, 0.2) is 0 Å². The van der Waals surface area contributed by atoms with Crippen LogP contribution in [0.3, 0.4) is 0 Å². The highest BCUT2D eigenvalue weighted by Crippen LogP contribution is 2.42. The SMILES string of the molecule is Cc1nn(-c2cccc(F)c2)c2sc(C(=O)O[C@H]3CC(C)(C)Oc4ccccc43)cc12. The predicted octanol–water partition coefficient (Wildman–Crippen LogP) is 5.99. The van der Waals surface area contributed by atoms with Gasteiger partial charge in [0.25, 0.3) is 0 Å². The molecule has 0 radical (unpaired) electrons. The number of benzene rings is 2. The average molecular weight is 437 g/mol. The molecular weight excluding hydrogens is 415 g/mol. The maximum Gasteiger partial charge on any atom is 0.349 e. The van der Waals surface area contributed by atoms with Crippen LogP contribution < -0.4 is 4.74 Å². The maximum atomic E-state index is 13.7. The van der Waals surface area contributed by atoms with Gasteiger partial charge in [-0.15, -0.1) is 11.3 Å². The molecule has 2 aromatic heterocycles. The van der Waals surface area contributed by atoms with Crippen molar-refractivity contribution < 1.29 is 18.7 Å². The molecule has 0 bridgehead atoms. The van der Waals surface area contributed by atoms with Crippen LogP contribution in [0.2, 0.25) is 0 Å². The van der Waals surface area contributed by atoms with E-state index in [0.29, 0.717) is 17.0 Å². The van der Waals surface area contributed by atoms with Crippen molar-refractivity contribution in [1.29, 1.82) is 0 Å². The Morgan fingerprint density at radius 2 is 2.03 bits per heavy atom. The van der Waals surface area contributed by atoms with Gasteiger partial charge in [-0.1, -0.05) is 24.3 Å². The number of aryl methyl sites for hydroxylation is 1. The lowest BCUT2D eigenvalue weighted by atomic mass is 9.91. The van der Waals surface area contributed by atoms with Crippen LogP contribution in [0.4, 0.5) is 4.39 Å². The van der Waals surface area contributed by atoms with Crippen molar-refractivity contribution in [2.75, 3.05) is 0 Å². The van der Waals surface area contributed by atoms with Gasteiger partial charge in [0.05, 0.1) is 11.4 Å². The van der Waals surface area contributed by atoms with Crippen molar-refractivity contribution in [1.82, 2.24) is 9.78 Å². The minimum Gasteiger partial charge on any atom is -0.487 e. The van der Waals surface area contributed by atoms with Crippen molar-refractivity contribution in [3.05, 3.63) is 76.5 Å². The molecule has 5 nitrogen and oxygen atoms in total. The molecule has 0 amide bonds. The zero-order valence-corrected chi connectivity index (χ0v) is 18.2. The van der Waals surface area contributed by atoms with Gasteiger partial charge in [0, 0.05) is 17.4 Å². The van der Waals surface area contributed by atoms with Gasteiger partial charge in [0.2, 0.25) is 0 Å². The van der Waals surface area contributed by atoms with Gasteiger partial charge in [-0.05, 0) is 51.1 Å². The first-order valence-corrected chi connectivity index (χ1v) is 10.9. The first-order valence-electron chi connectivity index (χ1n) is 10.0. The van der Waals surface area contributed by atoms with E-state index in [4.69, 9.17) is 9.47 Å². The van der Waals surface area contributed by atoms with Crippen LogP contribution in [-0.4, -0.2) is 21.4 Å². The molecule has 3 heterocycles. The fraction of sp³-hybridized carbons (Fsp3) is 0.250. The van der Waals surface area contributed by atoms with Crippen molar-refractivity contribution in [3.63, 3.8) is 0 Å². The number of rotatable bonds is 3. The van der Waals surface area contributed by atoms with Gasteiger partial charge in [-0.2, -0.15) is 5.10 Å². The molecule has 1 atom stereocenters. The number of carbonyl (C=O) groups excluding carboxylic acids is 1. The highest BCUT2D eigenvalue weighted by atomic mass is 32.1. The van der Waals surface area contributed by atoms with Crippen LogP contribution in [0.15, 0.2) is 54.6 Å². The summed E-state index contributed by atoms with van der Waals surface area (Å²) in [7, 11) is 0. The number of esters is 1. The molecule has 7 heteroatoms. The second kappa shape index (κ2) is 7.20. The van der Waals surface area contributed by atoms with E-state index in [1.807, 2.05) is 45.0 Å². The van der Waals surface area contributed by atoms with E-state index in [2.05, 4.69) is 5.10 Å². The fourth-order valence-corrected chi connectivity index (χ4v) is 5.02. The summed E-state index contributed by atoms with van der Waals surface area (Å²) in [4.78, 5) is 14.3. The van der Waals surface area contributed by atoms with Crippen LogP contribution in [0.5, 0.6) is 5.75 Å². The fourth-order valence-electron chi connectivity index (χ4n) is 3.96. The van der Waals surface area contributed by atoms with Gasteiger partial charge in [-0.25, -0.2) is 13.9 Å². The predicted molar refractivity (Wildman–Crippen MR) is 118 cm³/mol. The Bertz CT molecular complexity index is 1310. The van der Waals surface area contributed by atoms with E-state index in [0.717, 1.165) is 27.2 Å². The first-order chi connectivity index (χ1) is 14.8. The number of hydrogen-bond donors (Lipinski definition) is 0.